The van der Waals surface area contributed by atoms with Crippen LogP contribution in [0.1, 0.15) is 10.5 Å². The molecule has 0 unspecified atom stereocenters. The van der Waals surface area contributed by atoms with Crippen molar-refractivity contribution >= 4 is 5.97 Å². The van der Waals surface area contributed by atoms with E-state index in [9.17, 15) is 14.4 Å². The van der Waals surface area contributed by atoms with Crippen LogP contribution in [-0.2, 0) is 4.74 Å². The predicted octanol–water partition coefficient (Wildman–Crippen LogP) is -1.07. The second-order valence-corrected chi connectivity index (χ2v) is 4.65. The fraction of sp³-hybridized carbons (Fsp3) is 0.500. The largest absolute Gasteiger partial charge is 0.455 e. The molecule has 1 aromatic rings. The van der Waals surface area contributed by atoms with Crippen LogP contribution in [0.4, 0.5) is 0 Å². The second kappa shape index (κ2) is 4.96. The number of likely N-dealkylation sites (N-methyl/N-ethyl adjacent to an activating group) is 1. The number of carbonyl (C=O) groups is 1. The lowest BCUT2D eigenvalue weighted by Gasteiger charge is -2.23. The van der Waals surface area contributed by atoms with Crippen molar-refractivity contribution in [3.8, 4) is 0 Å². The second-order valence-electron chi connectivity index (χ2n) is 4.65. The number of quaternary nitrogens is 1. The maximum Gasteiger partial charge on any atom is 0.355 e. The van der Waals surface area contributed by atoms with Gasteiger partial charge < -0.3 is 14.2 Å². The lowest BCUT2D eigenvalue weighted by atomic mass is 10.4. The summed E-state index contributed by atoms with van der Waals surface area (Å²) in [6.07, 6.45) is 0. The zero-order chi connectivity index (χ0) is 13.1. The molecule has 0 aromatic carbocycles. The number of aromatic amines is 2. The monoisotopic (exact) mass is 242 g/mol. The van der Waals surface area contributed by atoms with Crippen LogP contribution >= 0.6 is 0 Å². The molecule has 0 saturated heterocycles. The molecule has 2 N–H and O–H groups in total. The van der Waals surface area contributed by atoms with Crippen molar-refractivity contribution in [2.75, 3.05) is 34.3 Å². The van der Waals surface area contributed by atoms with Gasteiger partial charge in [0.1, 0.15) is 18.8 Å². The molecule has 0 aliphatic carbocycles. The van der Waals surface area contributed by atoms with Crippen molar-refractivity contribution in [2.24, 2.45) is 0 Å². The summed E-state index contributed by atoms with van der Waals surface area (Å²) in [5, 5.41) is 0. The van der Waals surface area contributed by atoms with E-state index < -0.39 is 17.2 Å². The van der Waals surface area contributed by atoms with Gasteiger partial charge in [-0.15, -0.1) is 0 Å². The molecule has 0 bridgehead atoms. The average Bonchev–Trinajstić information content (AvgIpc) is 2.13. The summed E-state index contributed by atoms with van der Waals surface area (Å²) in [5.74, 6) is -0.707. The Labute approximate surface area is 97.6 Å². The molecule has 7 heteroatoms. The number of H-pyrrole nitrogens is 2. The number of nitrogens with zero attached hydrogens (tertiary/aromatic N) is 1. The first kappa shape index (κ1) is 13.2. The van der Waals surface area contributed by atoms with Gasteiger partial charge >= 0.3 is 11.7 Å². The zero-order valence-corrected chi connectivity index (χ0v) is 10.1. The summed E-state index contributed by atoms with van der Waals surface area (Å²) in [5.41, 5.74) is -1.50. The molecular formula is C10H16N3O4+. The van der Waals surface area contributed by atoms with E-state index in [1.165, 1.54) is 0 Å². The van der Waals surface area contributed by atoms with Crippen LogP contribution in [0.2, 0.25) is 0 Å². The van der Waals surface area contributed by atoms with Gasteiger partial charge in [0.15, 0.2) is 0 Å². The van der Waals surface area contributed by atoms with Gasteiger partial charge in [0.2, 0.25) is 0 Å². The van der Waals surface area contributed by atoms with Gasteiger partial charge in [-0.25, -0.2) is 9.59 Å². The molecule has 0 aliphatic heterocycles. The first-order valence-electron chi connectivity index (χ1n) is 5.09. The molecule has 17 heavy (non-hydrogen) atoms. The van der Waals surface area contributed by atoms with Crippen LogP contribution in [0.25, 0.3) is 0 Å². The SMILES string of the molecule is C[N+](C)(C)CCOC(=O)c1cc(=O)[nH]c(=O)[nH]1. The minimum absolute atomic E-state index is 0.139. The summed E-state index contributed by atoms with van der Waals surface area (Å²) >= 11 is 0. The quantitative estimate of drug-likeness (QED) is 0.519. The first-order valence-corrected chi connectivity index (χ1v) is 5.09. The predicted molar refractivity (Wildman–Crippen MR) is 60.9 cm³/mol. The van der Waals surface area contributed by atoms with Crippen molar-refractivity contribution in [3.05, 3.63) is 32.6 Å². The van der Waals surface area contributed by atoms with Crippen LogP contribution in [0.3, 0.4) is 0 Å². The van der Waals surface area contributed by atoms with E-state index in [4.69, 9.17) is 4.74 Å². The van der Waals surface area contributed by atoms with Crippen LogP contribution < -0.4 is 11.2 Å². The summed E-state index contributed by atoms with van der Waals surface area (Å²) in [6.45, 7) is 0.857. The van der Waals surface area contributed by atoms with Crippen molar-refractivity contribution in [2.45, 2.75) is 0 Å². The summed E-state index contributed by atoms with van der Waals surface area (Å²) in [4.78, 5) is 37.5. The Balaban J connectivity index is 2.65. The number of rotatable bonds is 4. The molecule has 0 spiro atoms. The number of nitrogens with one attached hydrogen (secondary N) is 2. The zero-order valence-electron chi connectivity index (χ0n) is 10.1. The van der Waals surface area contributed by atoms with Gasteiger partial charge in [-0.2, -0.15) is 0 Å². The van der Waals surface area contributed by atoms with Crippen LogP contribution in [0, 0.1) is 0 Å². The highest BCUT2D eigenvalue weighted by Crippen LogP contribution is 1.94. The molecule has 0 amide bonds. The molecule has 1 rings (SSSR count). The smallest absolute Gasteiger partial charge is 0.355 e. The van der Waals surface area contributed by atoms with Crippen molar-refractivity contribution in [1.82, 2.24) is 9.97 Å². The minimum Gasteiger partial charge on any atom is -0.455 e. The third-order valence-corrected chi connectivity index (χ3v) is 1.98. The third kappa shape index (κ3) is 4.64. The van der Waals surface area contributed by atoms with Crippen molar-refractivity contribution in [1.29, 1.82) is 0 Å². The van der Waals surface area contributed by atoms with E-state index >= 15 is 0 Å². The van der Waals surface area contributed by atoms with Crippen LogP contribution in [-0.4, -0.2) is 54.7 Å². The highest BCUT2D eigenvalue weighted by Gasteiger charge is 2.12. The number of aromatic nitrogens is 2. The fourth-order valence-corrected chi connectivity index (χ4v) is 1.07. The molecule has 1 heterocycles. The van der Waals surface area contributed by atoms with Gasteiger partial charge in [0.05, 0.1) is 21.1 Å². The molecule has 0 atom stereocenters. The molecule has 0 fully saturated rings. The summed E-state index contributed by atoms with van der Waals surface area (Å²) < 4.78 is 5.59. The maximum atomic E-state index is 11.5. The lowest BCUT2D eigenvalue weighted by molar-refractivity contribution is -0.870. The molecule has 94 valence electrons. The van der Waals surface area contributed by atoms with Gasteiger partial charge in [0.25, 0.3) is 5.56 Å². The average molecular weight is 242 g/mol. The number of hydrogen-bond donors (Lipinski definition) is 2. The van der Waals surface area contributed by atoms with Crippen LogP contribution in [0.15, 0.2) is 15.7 Å². The Hall–Kier alpha value is -1.89. The third-order valence-electron chi connectivity index (χ3n) is 1.98. The molecular weight excluding hydrogens is 226 g/mol. The van der Waals surface area contributed by atoms with E-state index in [1.54, 1.807) is 0 Å². The van der Waals surface area contributed by atoms with E-state index in [0.717, 1.165) is 6.07 Å². The normalized spacial score (nSPS) is 11.2. The summed E-state index contributed by atoms with van der Waals surface area (Å²) in [7, 11) is 5.88. The van der Waals surface area contributed by atoms with E-state index in [0.29, 0.717) is 11.0 Å². The van der Waals surface area contributed by atoms with Gasteiger partial charge in [0, 0.05) is 6.07 Å². The molecule has 0 saturated carbocycles. The summed E-state index contributed by atoms with van der Waals surface area (Å²) in [6, 6.07) is 0.996. The minimum atomic E-state index is -0.726. The highest BCUT2D eigenvalue weighted by atomic mass is 16.5. The number of esters is 1. The van der Waals surface area contributed by atoms with E-state index in [-0.39, 0.29) is 12.3 Å². The Morgan fingerprint density at radius 3 is 2.47 bits per heavy atom. The van der Waals surface area contributed by atoms with E-state index in [2.05, 4.69) is 4.98 Å². The first-order chi connectivity index (χ1) is 7.78. The Bertz CT molecular complexity index is 481. The standard InChI is InChI=1S/C10H15N3O4/c1-13(2,3)4-5-17-9(15)7-6-8(14)12-10(16)11-7/h6H,4-5H2,1-3H3,(H-,11,12,14,16)/p+1. The van der Waals surface area contributed by atoms with Crippen molar-refractivity contribution in [3.63, 3.8) is 0 Å². The van der Waals surface area contributed by atoms with Crippen LogP contribution in [0.5, 0.6) is 0 Å². The molecule has 0 radical (unpaired) electrons. The highest BCUT2D eigenvalue weighted by molar-refractivity contribution is 5.86. The van der Waals surface area contributed by atoms with Gasteiger partial charge in [-0.1, -0.05) is 0 Å². The number of carbonyl (C=O) groups excluding carboxylic acids is 1. The molecule has 7 nitrogen and oxygen atoms in total. The molecule has 1 aromatic heterocycles. The van der Waals surface area contributed by atoms with Gasteiger partial charge in [-0.3, -0.25) is 9.78 Å². The van der Waals surface area contributed by atoms with Gasteiger partial charge in [-0.05, 0) is 0 Å². The Morgan fingerprint density at radius 2 is 1.94 bits per heavy atom. The lowest BCUT2D eigenvalue weighted by Crippen LogP contribution is -2.38. The number of ether oxygens (including phenoxy) is 1. The Kier molecular flexibility index (Phi) is 3.84. The maximum absolute atomic E-state index is 11.5. The molecule has 0 aliphatic rings. The fourth-order valence-electron chi connectivity index (χ4n) is 1.07. The van der Waals surface area contributed by atoms with Crippen molar-refractivity contribution < 1.29 is 14.0 Å². The Morgan fingerprint density at radius 1 is 1.29 bits per heavy atom. The van der Waals surface area contributed by atoms with E-state index in [1.807, 2.05) is 26.1 Å². The topological polar surface area (TPSA) is 92.0 Å². The number of hydrogen-bond acceptors (Lipinski definition) is 4.